The zero-order chi connectivity index (χ0) is 35.4. The van der Waals surface area contributed by atoms with E-state index in [1.54, 1.807) is 35.2 Å². The number of amides is 3. The Labute approximate surface area is 277 Å². The summed E-state index contributed by atoms with van der Waals surface area (Å²) in [5.74, 6) is -1.34. The Morgan fingerprint density at radius 3 is 2.02 bits per heavy atom. The molecule has 4 N–H and O–H groups in total. The van der Waals surface area contributed by atoms with Crippen LogP contribution in [0.2, 0.25) is 0 Å². The maximum Gasteiger partial charge on any atom is 0.248 e. The number of likely N-dealkylation sites (tertiary alicyclic amines) is 1. The third-order valence-corrected chi connectivity index (χ3v) is 8.24. The molecule has 9 nitrogen and oxygen atoms in total. The van der Waals surface area contributed by atoms with Crippen LogP contribution in [0.4, 0.5) is 20.2 Å². The van der Waals surface area contributed by atoms with E-state index in [4.69, 9.17) is 5.73 Å². The molecule has 3 amide bonds. The smallest absolute Gasteiger partial charge is 0.248 e. The topological polar surface area (TPSA) is 131 Å². The van der Waals surface area contributed by atoms with E-state index in [1.165, 1.54) is 32.2 Å². The molecular formula is C35H40F2N4O5S. The van der Waals surface area contributed by atoms with Crippen LogP contribution in [0.15, 0.2) is 71.6 Å². The first-order valence-corrected chi connectivity index (χ1v) is 15.6. The fourth-order valence-electron chi connectivity index (χ4n) is 4.02. The van der Waals surface area contributed by atoms with Crippen molar-refractivity contribution in [3.05, 3.63) is 83.9 Å². The number of nitrogens with one attached hydrogen (secondary N) is 2. The summed E-state index contributed by atoms with van der Waals surface area (Å²) in [6, 6.07) is 17.3. The van der Waals surface area contributed by atoms with Gasteiger partial charge in [-0.2, -0.15) is 0 Å². The summed E-state index contributed by atoms with van der Waals surface area (Å²) in [5, 5.41) is 5.75. The van der Waals surface area contributed by atoms with Crippen molar-refractivity contribution in [3.8, 4) is 31.4 Å². The van der Waals surface area contributed by atoms with Gasteiger partial charge >= 0.3 is 0 Å². The molecule has 1 aliphatic heterocycles. The predicted molar refractivity (Wildman–Crippen MR) is 182 cm³/mol. The molecule has 0 spiro atoms. The molecule has 0 bridgehead atoms. The van der Waals surface area contributed by atoms with Gasteiger partial charge in [0.15, 0.2) is 11.6 Å². The van der Waals surface area contributed by atoms with Crippen LogP contribution in [0.25, 0.3) is 0 Å². The fourth-order valence-corrected chi connectivity index (χ4v) is 5.38. The molecule has 0 radical (unpaired) electrons. The average Bonchev–Trinajstić information content (AvgIpc) is 3.79. The highest BCUT2D eigenvalue weighted by molar-refractivity contribution is 7.86. The number of hydrogen-bond acceptors (Lipinski definition) is 6. The lowest BCUT2D eigenvalue weighted by molar-refractivity contribution is -0.128. The minimum Gasteiger partial charge on any atom is -0.494 e. The molecule has 12 heteroatoms. The second-order valence-corrected chi connectivity index (χ2v) is 11.6. The number of nitrogens with zero attached hydrogens (tertiary/aromatic N) is 1. The van der Waals surface area contributed by atoms with Crippen LogP contribution >= 0.6 is 0 Å². The van der Waals surface area contributed by atoms with E-state index in [2.05, 4.69) is 41.1 Å². The van der Waals surface area contributed by atoms with Crippen molar-refractivity contribution in [2.45, 2.75) is 42.8 Å². The molecular weight excluding hydrogens is 626 g/mol. The number of para-hydroxylation sites is 1. The lowest BCUT2D eigenvalue weighted by Crippen LogP contribution is -2.33. The minimum absolute atomic E-state index is 0.0130. The number of nitrogens with two attached hydrogens (primary N) is 1. The Bertz CT molecular complexity index is 1510. The molecule has 2 aliphatic rings. The number of carbonyl (C=O) groups excluding carboxylic acids is 3. The highest BCUT2D eigenvalue weighted by Crippen LogP contribution is 2.30. The van der Waals surface area contributed by atoms with Crippen LogP contribution in [0.5, 0.6) is 5.75 Å². The molecule has 47 heavy (non-hydrogen) atoms. The number of terminal acetylenes is 2. The van der Waals surface area contributed by atoms with Crippen molar-refractivity contribution in [2.24, 2.45) is 5.73 Å². The van der Waals surface area contributed by atoms with Gasteiger partial charge in [0.05, 0.1) is 30.1 Å². The Kier molecular flexibility index (Phi) is 18.2. The molecule has 250 valence electrons. The summed E-state index contributed by atoms with van der Waals surface area (Å²) in [7, 11) is 0.585. The van der Waals surface area contributed by atoms with Crippen molar-refractivity contribution < 1.29 is 32.1 Å². The Balaban J connectivity index is 0.000000351. The van der Waals surface area contributed by atoms with E-state index in [9.17, 15) is 27.4 Å². The number of rotatable bonds is 8. The summed E-state index contributed by atoms with van der Waals surface area (Å²) in [4.78, 5) is 36.2. The zero-order valence-corrected chi connectivity index (χ0v) is 27.2. The maximum atomic E-state index is 13.5. The number of hydrogen-bond donors (Lipinski definition) is 3. The van der Waals surface area contributed by atoms with Gasteiger partial charge in [-0.15, -0.1) is 25.7 Å². The Morgan fingerprint density at radius 2 is 1.53 bits per heavy atom. The molecule has 3 aromatic carbocycles. The van der Waals surface area contributed by atoms with Gasteiger partial charge in [-0.1, -0.05) is 12.1 Å². The van der Waals surface area contributed by atoms with Crippen LogP contribution in [0.3, 0.4) is 0 Å². The monoisotopic (exact) mass is 666 g/mol. The second-order valence-electron chi connectivity index (χ2n) is 9.84. The average molecular weight is 667 g/mol. The molecule has 1 heterocycles. The zero-order valence-electron chi connectivity index (χ0n) is 26.4. The van der Waals surface area contributed by atoms with E-state index in [1.807, 2.05) is 12.1 Å². The van der Waals surface area contributed by atoms with Crippen LogP contribution < -0.4 is 21.1 Å². The lowest BCUT2D eigenvalue weighted by Gasteiger charge is -2.16. The summed E-state index contributed by atoms with van der Waals surface area (Å²) in [5.41, 5.74) is 6.19. The fraction of sp³-hybridized carbons (Fsp3) is 0.286. The van der Waals surface area contributed by atoms with E-state index in [-0.39, 0.29) is 41.2 Å². The van der Waals surface area contributed by atoms with Crippen LogP contribution in [0, 0.1) is 37.3 Å². The van der Waals surface area contributed by atoms with Gasteiger partial charge in [-0.25, -0.2) is 8.78 Å². The minimum atomic E-state index is -0.858. The van der Waals surface area contributed by atoms with E-state index < -0.39 is 22.5 Å². The second kappa shape index (κ2) is 21.5. The number of halogens is 2. The van der Waals surface area contributed by atoms with Crippen LogP contribution in [-0.2, 0) is 20.4 Å². The molecule has 1 saturated carbocycles. The quantitative estimate of drug-likeness (QED) is 0.283. The number of primary amides is 1. The van der Waals surface area contributed by atoms with Crippen LogP contribution in [-0.4, -0.2) is 58.8 Å². The first-order chi connectivity index (χ1) is 22.6. The number of anilines is 2. The standard InChI is InChI=1S/C13H16FN3O2.C11H13NO2S.C7H7FO.2C2H2/c14-10-4-3-9(13(15)19)7-11(10)16-8-12(18)17-5-1-2-6-17;1-8(13)12-9-2-4-10(5-3-9)15(14)11-6-7-11;1-9-7-5-3-2-4-6(7)8;2*1-2/h3-4,7,16H,1-2,5-6,8H2,(H2,15,19);2-5,11H,6-7H2,1H3,(H,12,13);2-5H,1H3;2*1-2H. The third kappa shape index (κ3) is 14.2. The van der Waals surface area contributed by atoms with Crippen molar-refractivity contribution in [3.63, 3.8) is 0 Å². The summed E-state index contributed by atoms with van der Waals surface area (Å²) in [6.45, 7) is 2.99. The Morgan fingerprint density at radius 1 is 0.936 bits per heavy atom. The predicted octanol–water partition coefficient (Wildman–Crippen LogP) is 5.21. The van der Waals surface area contributed by atoms with E-state index in [0.29, 0.717) is 5.25 Å². The molecule has 0 aromatic heterocycles. The molecule has 1 atom stereocenters. The highest BCUT2D eigenvalue weighted by atomic mass is 32.2. The largest absolute Gasteiger partial charge is 0.494 e. The van der Waals surface area contributed by atoms with Gasteiger partial charge in [-0.3, -0.25) is 18.6 Å². The molecule has 1 unspecified atom stereocenters. The number of carbonyl (C=O) groups is 3. The Hall–Kier alpha value is -5.20. The maximum absolute atomic E-state index is 13.5. The van der Waals surface area contributed by atoms with Crippen LogP contribution in [0.1, 0.15) is 43.0 Å². The van der Waals surface area contributed by atoms with E-state index in [0.717, 1.165) is 55.4 Å². The molecule has 2 fully saturated rings. The lowest BCUT2D eigenvalue weighted by atomic mass is 10.2. The summed E-state index contributed by atoms with van der Waals surface area (Å²) in [6.07, 6.45) is 20.2. The summed E-state index contributed by atoms with van der Waals surface area (Å²) >= 11 is 0. The first kappa shape index (κ1) is 39.8. The number of methoxy groups -OCH3 is 1. The summed E-state index contributed by atoms with van der Waals surface area (Å²) < 4.78 is 42.4. The SMILES string of the molecule is C#C.C#C.CC(=O)Nc1ccc(S(=O)C2CC2)cc1.COc1ccccc1F.NC(=O)c1ccc(F)c(NCC(=O)N2CCCC2)c1. The van der Waals surface area contributed by atoms with Gasteiger partial charge in [0.2, 0.25) is 17.7 Å². The van der Waals surface area contributed by atoms with Gasteiger partial charge in [0.25, 0.3) is 0 Å². The van der Waals surface area contributed by atoms with Gasteiger partial charge in [0, 0.05) is 41.4 Å². The number of benzene rings is 3. The van der Waals surface area contributed by atoms with Crippen molar-refractivity contribution in [1.82, 2.24) is 4.90 Å². The van der Waals surface area contributed by atoms with Gasteiger partial charge < -0.3 is 26.0 Å². The van der Waals surface area contributed by atoms with Crippen molar-refractivity contribution in [2.75, 3.05) is 37.4 Å². The van der Waals surface area contributed by atoms with Gasteiger partial charge in [0.1, 0.15) is 5.82 Å². The van der Waals surface area contributed by atoms with Crippen molar-refractivity contribution in [1.29, 1.82) is 0 Å². The third-order valence-electron chi connectivity index (χ3n) is 6.43. The molecule has 3 aromatic rings. The molecule has 1 saturated heterocycles. The first-order valence-electron chi connectivity index (χ1n) is 14.4. The van der Waals surface area contributed by atoms with Gasteiger partial charge in [-0.05, 0) is 80.3 Å². The normalized spacial score (nSPS) is 13.1. The molecule has 1 aliphatic carbocycles. The molecule has 5 rings (SSSR count). The van der Waals surface area contributed by atoms with Crippen molar-refractivity contribution >= 4 is 39.9 Å². The number of ether oxygens (including phenoxy) is 1. The van der Waals surface area contributed by atoms with E-state index >= 15 is 0 Å². The highest BCUT2D eigenvalue weighted by Gasteiger charge is 2.29.